The van der Waals surface area contributed by atoms with Gasteiger partial charge >= 0.3 is 0 Å². The fourth-order valence-electron chi connectivity index (χ4n) is 7.67. The Bertz CT molecular complexity index is 2900. The molecule has 56 heavy (non-hydrogen) atoms. The summed E-state index contributed by atoms with van der Waals surface area (Å²) in [5, 5.41) is 3.48. The van der Waals surface area contributed by atoms with Gasteiger partial charge in [-0.15, -0.1) is 0 Å². The van der Waals surface area contributed by atoms with Crippen LogP contribution in [0.1, 0.15) is 0 Å². The first kappa shape index (κ1) is 33.1. The van der Waals surface area contributed by atoms with E-state index in [0.29, 0.717) is 5.82 Å². The molecule has 0 N–H and O–H groups in total. The van der Waals surface area contributed by atoms with Crippen LogP contribution in [0.5, 0.6) is 0 Å². The third kappa shape index (κ3) is 6.31. The van der Waals surface area contributed by atoms with Crippen molar-refractivity contribution in [3.8, 4) is 78.5 Å². The lowest BCUT2D eigenvalue weighted by Crippen LogP contribution is -1.95. The monoisotopic (exact) mass is 713 g/mol. The number of pyridine rings is 1. The van der Waals surface area contributed by atoms with E-state index in [4.69, 9.17) is 15.0 Å². The van der Waals surface area contributed by atoms with Crippen molar-refractivity contribution in [1.29, 1.82) is 0 Å². The van der Waals surface area contributed by atoms with Gasteiger partial charge in [0.2, 0.25) is 0 Å². The standard InChI is InChI=1S/C53H35N3/c1-5-14-36(15-6-1)37-24-28-39(29-25-37)45-22-13-23-47-51(45)46-33-32-44(34-50(46)54-52(47)42-18-9-3-10-19-42)38-26-30-41(31-27-38)49-35-48(40-16-7-2-8-17-40)55-53(56-49)43-20-11-4-12-21-43/h1-35H. The van der Waals surface area contributed by atoms with Gasteiger partial charge in [0.15, 0.2) is 5.82 Å². The van der Waals surface area contributed by atoms with Gasteiger partial charge in [0.25, 0.3) is 0 Å². The third-order valence-electron chi connectivity index (χ3n) is 10.5. The SMILES string of the molecule is c1ccc(-c2ccc(-c3cccc4c(-c5ccccc5)nc5cc(-c6ccc(-c7cc(-c8ccccc8)nc(-c8ccccc8)n7)cc6)ccc5c34)cc2)cc1. The van der Waals surface area contributed by atoms with Gasteiger partial charge in [-0.2, -0.15) is 0 Å². The molecule has 0 aliphatic heterocycles. The second-order valence-electron chi connectivity index (χ2n) is 14.0. The molecule has 0 unspecified atom stereocenters. The van der Waals surface area contributed by atoms with Gasteiger partial charge in [0.05, 0.1) is 22.6 Å². The predicted molar refractivity (Wildman–Crippen MR) is 233 cm³/mol. The Labute approximate surface area is 326 Å². The Balaban J connectivity index is 1.07. The molecule has 0 spiro atoms. The first-order valence-corrected chi connectivity index (χ1v) is 18.9. The zero-order valence-corrected chi connectivity index (χ0v) is 30.5. The van der Waals surface area contributed by atoms with Crippen molar-refractivity contribution in [1.82, 2.24) is 15.0 Å². The van der Waals surface area contributed by atoms with E-state index in [1.54, 1.807) is 0 Å². The molecule has 0 atom stereocenters. The number of fused-ring (bicyclic) bond motifs is 3. The quantitative estimate of drug-likeness (QED) is 0.154. The molecule has 0 saturated heterocycles. The minimum Gasteiger partial charge on any atom is -0.247 e. The predicted octanol–water partition coefficient (Wildman–Crippen LogP) is 13.8. The van der Waals surface area contributed by atoms with Crippen LogP contribution in [-0.4, -0.2) is 15.0 Å². The maximum atomic E-state index is 5.37. The lowest BCUT2D eigenvalue weighted by atomic mass is 9.91. The number of hydrogen-bond acceptors (Lipinski definition) is 3. The lowest BCUT2D eigenvalue weighted by Gasteiger charge is -2.15. The molecule has 10 aromatic rings. The summed E-state index contributed by atoms with van der Waals surface area (Å²) < 4.78 is 0. The van der Waals surface area contributed by atoms with E-state index in [1.165, 1.54) is 27.6 Å². The van der Waals surface area contributed by atoms with Crippen molar-refractivity contribution in [3.63, 3.8) is 0 Å². The van der Waals surface area contributed by atoms with E-state index >= 15 is 0 Å². The maximum absolute atomic E-state index is 5.37. The largest absolute Gasteiger partial charge is 0.247 e. The summed E-state index contributed by atoms with van der Waals surface area (Å²) in [7, 11) is 0. The van der Waals surface area contributed by atoms with Gasteiger partial charge in [-0.25, -0.2) is 15.0 Å². The summed E-state index contributed by atoms with van der Waals surface area (Å²) in [5.41, 5.74) is 14.9. The summed E-state index contributed by atoms with van der Waals surface area (Å²) in [6.07, 6.45) is 0. The first-order valence-electron chi connectivity index (χ1n) is 18.9. The van der Waals surface area contributed by atoms with Crippen LogP contribution in [0.3, 0.4) is 0 Å². The molecule has 262 valence electrons. The summed E-state index contributed by atoms with van der Waals surface area (Å²) >= 11 is 0. The van der Waals surface area contributed by atoms with Gasteiger partial charge in [0, 0.05) is 38.4 Å². The van der Waals surface area contributed by atoms with Crippen LogP contribution >= 0.6 is 0 Å². The van der Waals surface area contributed by atoms with E-state index in [-0.39, 0.29) is 0 Å². The second-order valence-corrected chi connectivity index (χ2v) is 14.0. The lowest BCUT2D eigenvalue weighted by molar-refractivity contribution is 1.18. The van der Waals surface area contributed by atoms with E-state index in [0.717, 1.165) is 66.8 Å². The summed E-state index contributed by atoms with van der Waals surface area (Å²) in [5.74, 6) is 0.708. The topological polar surface area (TPSA) is 38.7 Å². The molecule has 0 amide bonds. The van der Waals surface area contributed by atoms with E-state index in [2.05, 4.69) is 176 Å². The Morgan fingerprint density at radius 1 is 0.268 bits per heavy atom. The Kier molecular flexibility index (Phi) is 8.51. The van der Waals surface area contributed by atoms with E-state index in [9.17, 15) is 0 Å². The molecule has 2 heterocycles. The third-order valence-corrected chi connectivity index (χ3v) is 10.5. The van der Waals surface area contributed by atoms with Crippen LogP contribution in [0.4, 0.5) is 0 Å². The molecule has 3 heteroatoms. The van der Waals surface area contributed by atoms with Gasteiger partial charge in [-0.05, 0) is 45.5 Å². The van der Waals surface area contributed by atoms with Gasteiger partial charge in [0.1, 0.15) is 0 Å². The Morgan fingerprint density at radius 3 is 1.36 bits per heavy atom. The van der Waals surface area contributed by atoms with Crippen molar-refractivity contribution in [2.24, 2.45) is 0 Å². The zero-order chi connectivity index (χ0) is 37.3. The van der Waals surface area contributed by atoms with Crippen molar-refractivity contribution in [2.45, 2.75) is 0 Å². The summed E-state index contributed by atoms with van der Waals surface area (Å²) in [4.78, 5) is 15.4. The minimum absolute atomic E-state index is 0.708. The van der Waals surface area contributed by atoms with Crippen LogP contribution in [0.15, 0.2) is 212 Å². The second kappa shape index (κ2) is 14.4. The highest BCUT2D eigenvalue weighted by atomic mass is 14.9. The molecule has 0 aliphatic rings. The van der Waals surface area contributed by atoms with Crippen LogP contribution in [0, 0.1) is 0 Å². The van der Waals surface area contributed by atoms with Crippen molar-refractivity contribution >= 4 is 21.7 Å². The molecule has 0 bridgehead atoms. The molecule has 0 saturated carbocycles. The number of aromatic nitrogens is 3. The van der Waals surface area contributed by atoms with E-state index < -0.39 is 0 Å². The molecule has 8 aromatic carbocycles. The molecule has 2 aromatic heterocycles. The molecule has 10 rings (SSSR count). The molecular formula is C53H35N3. The summed E-state index contributed by atoms with van der Waals surface area (Å²) in [6.45, 7) is 0. The van der Waals surface area contributed by atoms with Crippen LogP contribution in [-0.2, 0) is 0 Å². The van der Waals surface area contributed by atoms with Crippen molar-refractivity contribution < 1.29 is 0 Å². The van der Waals surface area contributed by atoms with Crippen LogP contribution < -0.4 is 0 Å². The number of rotatable bonds is 7. The van der Waals surface area contributed by atoms with Crippen LogP contribution in [0.25, 0.3) is 100 Å². The van der Waals surface area contributed by atoms with Crippen molar-refractivity contribution in [3.05, 3.63) is 212 Å². The van der Waals surface area contributed by atoms with Gasteiger partial charge in [-0.3, -0.25) is 0 Å². The van der Waals surface area contributed by atoms with Gasteiger partial charge in [-0.1, -0.05) is 200 Å². The summed E-state index contributed by atoms with van der Waals surface area (Å²) in [6, 6.07) is 74.5. The van der Waals surface area contributed by atoms with Crippen LogP contribution in [0.2, 0.25) is 0 Å². The fraction of sp³-hybridized carbons (Fsp3) is 0. The first-order chi connectivity index (χ1) is 27.7. The molecule has 0 fully saturated rings. The minimum atomic E-state index is 0.708. The number of benzene rings is 8. The average Bonchev–Trinajstić information content (AvgIpc) is 3.29. The molecular weight excluding hydrogens is 679 g/mol. The van der Waals surface area contributed by atoms with E-state index in [1.807, 2.05) is 36.4 Å². The maximum Gasteiger partial charge on any atom is 0.160 e. The number of nitrogens with zero attached hydrogens (tertiary/aromatic N) is 3. The molecule has 0 aliphatic carbocycles. The highest BCUT2D eigenvalue weighted by molar-refractivity contribution is 6.17. The smallest absolute Gasteiger partial charge is 0.160 e. The number of hydrogen-bond donors (Lipinski definition) is 0. The normalized spacial score (nSPS) is 11.2. The average molecular weight is 714 g/mol. The Hall–Kier alpha value is -7.49. The highest BCUT2D eigenvalue weighted by Gasteiger charge is 2.16. The highest BCUT2D eigenvalue weighted by Crippen LogP contribution is 2.40. The molecule has 0 radical (unpaired) electrons. The zero-order valence-electron chi connectivity index (χ0n) is 30.5. The fourth-order valence-corrected chi connectivity index (χ4v) is 7.67. The van der Waals surface area contributed by atoms with Gasteiger partial charge < -0.3 is 0 Å². The Morgan fingerprint density at radius 2 is 0.732 bits per heavy atom. The molecule has 3 nitrogen and oxygen atoms in total. The van der Waals surface area contributed by atoms with Crippen molar-refractivity contribution in [2.75, 3.05) is 0 Å².